The van der Waals surface area contributed by atoms with Crippen molar-refractivity contribution in [1.29, 1.82) is 0 Å². The van der Waals surface area contributed by atoms with Crippen LogP contribution in [0.3, 0.4) is 0 Å². The van der Waals surface area contributed by atoms with Gasteiger partial charge in [-0.25, -0.2) is 9.97 Å². The second-order valence-electron chi connectivity index (χ2n) is 4.87. The van der Waals surface area contributed by atoms with Crippen molar-refractivity contribution >= 4 is 22.6 Å². The number of carbonyl (C=O) groups excluding carboxylic acids is 1. The van der Waals surface area contributed by atoms with Gasteiger partial charge in [-0.1, -0.05) is 30.3 Å². The summed E-state index contributed by atoms with van der Waals surface area (Å²) in [5.41, 5.74) is 4.97. The fourth-order valence-electron chi connectivity index (χ4n) is 2.33. The number of para-hydroxylation sites is 3. The smallest absolute Gasteiger partial charge is 0.221 e. The number of aromatic nitrogens is 2. The standard InChI is InChI=1S/C17H15N3O/c1-11-17(20-16-10-6-5-9-15(16)18-11)13-7-3-4-8-14(13)19-12(2)21/h3-10H,1-2H3,(H,19,21). The normalized spacial score (nSPS) is 10.6. The van der Waals surface area contributed by atoms with Crippen LogP contribution in [0.1, 0.15) is 12.6 Å². The Bertz CT molecular complexity index is 827. The Balaban J connectivity index is 2.20. The van der Waals surface area contributed by atoms with Gasteiger partial charge >= 0.3 is 0 Å². The zero-order valence-corrected chi connectivity index (χ0v) is 11.9. The third-order valence-electron chi connectivity index (χ3n) is 3.24. The van der Waals surface area contributed by atoms with E-state index in [0.29, 0.717) is 0 Å². The molecule has 21 heavy (non-hydrogen) atoms. The van der Waals surface area contributed by atoms with Gasteiger partial charge in [0.15, 0.2) is 0 Å². The van der Waals surface area contributed by atoms with E-state index in [9.17, 15) is 4.79 Å². The van der Waals surface area contributed by atoms with Crippen molar-refractivity contribution in [3.8, 4) is 11.3 Å². The van der Waals surface area contributed by atoms with Crippen LogP contribution < -0.4 is 5.32 Å². The molecular weight excluding hydrogens is 262 g/mol. The third kappa shape index (κ3) is 2.60. The highest BCUT2D eigenvalue weighted by atomic mass is 16.1. The first kappa shape index (κ1) is 13.2. The van der Waals surface area contributed by atoms with Crippen LogP contribution in [0, 0.1) is 6.92 Å². The van der Waals surface area contributed by atoms with Gasteiger partial charge in [-0.15, -0.1) is 0 Å². The molecule has 0 radical (unpaired) electrons. The average Bonchev–Trinajstić information content (AvgIpc) is 2.47. The Morgan fingerprint density at radius 3 is 2.29 bits per heavy atom. The van der Waals surface area contributed by atoms with Crippen molar-refractivity contribution in [2.45, 2.75) is 13.8 Å². The maximum absolute atomic E-state index is 11.3. The molecule has 0 aliphatic heterocycles. The van der Waals surface area contributed by atoms with E-state index in [1.165, 1.54) is 6.92 Å². The van der Waals surface area contributed by atoms with Crippen molar-refractivity contribution < 1.29 is 4.79 Å². The molecule has 0 unspecified atom stereocenters. The number of anilines is 1. The highest BCUT2D eigenvalue weighted by Crippen LogP contribution is 2.29. The number of nitrogens with zero attached hydrogens (tertiary/aromatic N) is 2. The molecule has 0 saturated heterocycles. The van der Waals surface area contributed by atoms with Crippen molar-refractivity contribution in [1.82, 2.24) is 9.97 Å². The molecule has 0 saturated carbocycles. The van der Waals surface area contributed by atoms with E-state index in [0.717, 1.165) is 33.7 Å². The first-order valence-corrected chi connectivity index (χ1v) is 6.75. The number of hydrogen-bond acceptors (Lipinski definition) is 3. The van der Waals surface area contributed by atoms with Gasteiger partial charge in [0.25, 0.3) is 0 Å². The number of amides is 1. The summed E-state index contributed by atoms with van der Waals surface area (Å²) in [6, 6.07) is 15.4. The average molecular weight is 277 g/mol. The van der Waals surface area contributed by atoms with Gasteiger partial charge < -0.3 is 5.32 Å². The van der Waals surface area contributed by atoms with Crippen LogP contribution in [0.25, 0.3) is 22.3 Å². The molecule has 4 heteroatoms. The molecule has 1 aromatic heterocycles. The molecule has 4 nitrogen and oxygen atoms in total. The molecule has 3 aromatic rings. The summed E-state index contributed by atoms with van der Waals surface area (Å²) < 4.78 is 0. The molecule has 1 heterocycles. The zero-order valence-electron chi connectivity index (χ0n) is 11.9. The third-order valence-corrected chi connectivity index (χ3v) is 3.24. The Hall–Kier alpha value is -2.75. The monoisotopic (exact) mass is 277 g/mol. The number of nitrogens with one attached hydrogen (secondary N) is 1. The van der Waals surface area contributed by atoms with Crippen molar-refractivity contribution in [3.63, 3.8) is 0 Å². The number of benzene rings is 2. The van der Waals surface area contributed by atoms with Gasteiger partial charge in [-0.2, -0.15) is 0 Å². The van der Waals surface area contributed by atoms with Gasteiger partial charge in [0.2, 0.25) is 5.91 Å². The van der Waals surface area contributed by atoms with E-state index in [2.05, 4.69) is 10.3 Å². The molecule has 1 N–H and O–H groups in total. The fraction of sp³-hybridized carbons (Fsp3) is 0.118. The Morgan fingerprint density at radius 2 is 1.57 bits per heavy atom. The van der Waals surface area contributed by atoms with Crippen LogP contribution in [-0.4, -0.2) is 15.9 Å². The Labute approximate surface area is 122 Å². The molecule has 0 spiro atoms. The molecule has 0 atom stereocenters. The molecule has 3 rings (SSSR count). The summed E-state index contributed by atoms with van der Waals surface area (Å²) >= 11 is 0. The van der Waals surface area contributed by atoms with Crippen LogP contribution in [0.5, 0.6) is 0 Å². The van der Waals surface area contributed by atoms with Crippen molar-refractivity contribution in [3.05, 3.63) is 54.2 Å². The second kappa shape index (κ2) is 5.32. The minimum absolute atomic E-state index is 0.103. The molecule has 0 aliphatic rings. The minimum atomic E-state index is -0.103. The molecule has 1 amide bonds. The lowest BCUT2D eigenvalue weighted by atomic mass is 10.1. The van der Waals surface area contributed by atoms with Gasteiger partial charge in [-0.3, -0.25) is 4.79 Å². The summed E-state index contributed by atoms with van der Waals surface area (Å²) in [6.45, 7) is 3.43. The molecule has 0 bridgehead atoms. The molecule has 0 fully saturated rings. The summed E-state index contributed by atoms with van der Waals surface area (Å²) in [6.07, 6.45) is 0. The Kier molecular flexibility index (Phi) is 3.36. The number of aryl methyl sites for hydroxylation is 1. The quantitative estimate of drug-likeness (QED) is 0.779. The lowest BCUT2D eigenvalue weighted by molar-refractivity contribution is -0.114. The molecule has 2 aromatic carbocycles. The van der Waals surface area contributed by atoms with Crippen molar-refractivity contribution in [2.75, 3.05) is 5.32 Å². The van der Waals surface area contributed by atoms with Crippen molar-refractivity contribution in [2.24, 2.45) is 0 Å². The van der Waals surface area contributed by atoms with Crippen LogP contribution in [0.4, 0.5) is 5.69 Å². The highest BCUT2D eigenvalue weighted by molar-refractivity contribution is 5.94. The van der Waals surface area contributed by atoms with Gasteiger partial charge in [0.05, 0.1) is 28.1 Å². The largest absolute Gasteiger partial charge is 0.326 e. The SMILES string of the molecule is CC(=O)Nc1ccccc1-c1nc2ccccc2nc1C. The summed E-state index contributed by atoms with van der Waals surface area (Å²) in [5.74, 6) is -0.103. The molecule has 104 valence electrons. The van der Waals surface area contributed by atoms with E-state index in [4.69, 9.17) is 4.98 Å². The topological polar surface area (TPSA) is 54.9 Å². The van der Waals surface area contributed by atoms with E-state index in [1.807, 2.05) is 55.5 Å². The van der Waals surface area contributed by atoms with Gasteiger partial charge in [0.1, 0.15) is 0 Å². The van der Waals surface area contributed by atoms with Crippen LogP contribution >= 0.6 is 0 Å². The highest BCUT2D eigenvalue weighted by Gasteiger charge is 2.12. The summed E-state index contributed by atoms with van der Waals surface area (Å²) in [5, 5.41) is 2.84. The van der Waals surface area contributed by atoms with E-state index in [-0.39, 0.29) is 5.91 Å². The fourth-order valence-corrected chi connectivity index (χ4v) is 2.33. The van der Waals surface area contributed by atoms with E-state index < -0.39 is 0 Å². The summed E-state index contributed by atoms with van der Waals surface area (Å²) in [4.78, 5) is 20.6. The predicted molar refractivity (Wildman–Crippen MR) is 84.0 cm³/mol. The van der Waals surface area contributed by atoms with E-state index in [1.54, 1.807) is 0 Å². The predicted octanol–water partition coefficient (Wildman–Crippen LogP) is 3.56. The minimum Gasteiger partial charge on any atom is -0.326 e. The van der Waals surface area contributed by atoms with E-state index >= 15 is 0 Å². The first-order valence-electron chi connectivity index (χ1n) is 6.75. The second-order valence-corrected chi connectivity index (χ2v) is 4.87. The van der Waals surface area contributed by atoms with Gasteiger partial charge in [-0.05, 0) is 25.1 Å². The lowest BCUT2D eigenvalue weighted by Gasteiger charge is -2.11. The first-order chi connectivity index (χ1) is 10.1. The number of fused-ring (bicyclic) bond motifs is 1. The zero-order chi connectivity index (χ0) is 14.8. The van der Waals surface area contributed by atoms with Gasteiger partial charge in [0, 0.05) is 12.5 Å². The van der Waals surface area contributed by atoms with Crippen LogP contribution in [0.15, 0.2) is 48.5 Å². The number of hydrogen-bond donors (Lipinski definition) is 1. The Morgan fingerprint density at radius 1 is 0.952 bits per heavy atom. The lowest BCUT2D eigenvalue weighted by Crippen LogP contribution is -2.07. The molecule has 0 aliphatic carbocycles. The molecular formula is C17H15N3O. The number of rotatable bonds is 2. The van der Waals surface area contributed by atoms with Crippen LogP contribution in [0.2, 0.25) is 0 Å². The maximum atomic E-state index is 11.3. The summed E-state index contributed by atoms with van der Waals surface area (Å²) in [7, 11) is 0. The maximum Gasteiger partial charge on any atom is 0.221 e. The van der Waals surface area contributed by atoms with Crippen LogP contribution in [-0.2, 0) is 4.79 Å². The number of carbonyl (C=O) groups is 1.